The summed E-state index contributed by atoms with van der Waals surface area (Å²) >= 11 is 1.21. The summed E-state index contributed by atoms with van der Waals surface area (Å²) in [5, 5.41) is 14.4. The van der Waals surface area contributed by atoms with Crippen LogP contribution in [0.4, 0.5) is 16.6 Å². The second-order valence-corrected chi connectivity index (χ2v) is 8.64. The molecule has 0 saturated carbocycles. The number of amides is 2. The molecule has 5 rings (SSSR count). The van der Waals surface area contributed by atoms with Crippen LogP contribution in [0.25, 0.3) is 10.9 Å². The molecule has 3 N–H and O–H groups in total. The van der Waals surface area contributed by atoms with Gasteiger partial charge in [0.05, 0.1) is 23.6 Å². The summed E-state index contributed by atoms with van der Waals surface area (Å²) in [5.41, 5.74) is 2.92. The molecule has 4 heterocycles. The van der Waals surface area contributed by atoms with E-state index in [2.05, 4.69) is 30.8 Å². The molecule has 0 unspecified atom stereocenters. The number of benzene rings is 1. The number of hydrogen-bond donors (Lipinski definition) is 3. The first-order chi connectivity index (χ1) is 15.6. The highest BCUT2D eigenvalue weighted by molar-refractivity contribution is 7.17. The summed E-state index contributed by atoms with van der Waals surface area (Å²) in [5.74, 6) is 0.197. The average molecular weight is 448 g/mol. The number of rotatable bonds is 5. The SMILES string of the molecule is Cc1ccc2[nH]ncc2c1NC(=O)c1cnc(Nc2cccc(C(=O)N3CCCC3)n2)s1. The van der Waals surface area contributed by atoms with Crippen molar-refractivity contribution in [1.82, 2.24) is 25.1 Å². The van der Waals surface area contributed by atoms with Crippen LogP contribution in [0.15, 0.2) is 42.7 Å². The number of likely N-dealkylation sites (tertiary alicyclic amines) is 1. The van der Waals surface area contributed by atoms with E-state index >= 15 is 0 Å². The first-order valence-electron chi connectivity index (χ1n) is 10.3. The minimum absolute atomic E-state index is 0.0610. The first-order valence-corrected chi connectivity index (χ1v) is 11.1. The molecule has 1 aliphatic heterocycles. The van der Waals surface area contributed by atoms with Gasteiger partial charge in [0.15, 0.2) is 5.13 Å². The Labute approximate surface area is 187 Å². The molecule has 0 radical (unpaired) electrons. The third-order valence-corrected chi connectivity index (χ3v) is 6.31. The van der Waals surface area contributed by atoms with Crippen LogP contribution in [0.1, 0.15) is 38.6 Å². The monoisotopic (exact) mass is 447 g/mol. The number of fused-ring (bicyclic) bond motifs is 1. The molecule has 1 aromatic carbocycles. The Morgan fingerprint density at radius 2 is 1.97 bits per heavy atom. The number of aromatic nitrogens is 4. The van der Waals surface area contributed by atoms with Gasteiger partial charge in [-0.3, -0.25) is 14.7 Å². The number of carbonyl (C=O) groups is 2. The number of carbonyl (C=O) groups excluding carboxylic acids is 2. The summed E-state index contributed by atoms with van der Waals surface area (Å²) in [6.45, 7) is 3.48. The average Bonchev–Trinajstić information content (AvgIpc) is 3.57. The molecule has 3 aromatic heterocycles. The minimum Gasteiger partial charge on any atom is -0.337 e. The lowest BCUT2D eigenvalue weighted by Crippen LogP contribution is -2.28. The molecule has 2 amide bonds. The topological polar surface area (TPSA) is 116 Å². The largest absolute Gasteiger partial charge is 0.337 e. The molecule has 10 heteroatoms. The second kappa shape index (κ2) is 8.39. The molecule has 0 spiro atoms. The van der Waals surface area contributed by atoms with Crippen LogP contribution in [0.2, 0.25) is 0 Å². The van der Waals surface area contributed by atoms with E-state index in [9.17, 15) is 9.59 Å². The standard InChI is InChI=1S/C22H21N7O2S/c1-13-7-8-15-14(11-24-28-15)19(13)27-20(30)17-12-23-22(32-17)26-18-6-4-5-16(25-18)21(31)29-9-2-3-10-29/h4-8,11-12H,2-3,9-10H2,1H3,(H,24,28)(H,27,30)(H,23,25,26). The zero-order valence-corrected chi connectivity index (χ0v) is 18.2. The van der Waals surface area contributed by atoms with Crippen LogP contribution in [0.3, 0.4) is 0 Å². The van der Waals surface area contributed by atoms with Crippen LogP contribution >= 0.6 is 11.3 Å². The quantitative estimate of drug-likeness (QED) is 0.427. The molecular formula is C22H21N7O2S. The fraction of sp³-hybridized carbons (Fsp3) is 0.227. The number of aromatic amines is 1. The van der Waals surface area contributed by atoms with Gasteiger partial charge in [-0.2, -0.15) is 5.10 Å². The Bertz CT molecular complexity index is 1310. The van der Waals surface area contributed by atoms with Crippen molar-refractivity contribution in [1.29, 1.82) is 0 Å². The van der Waals surface area contributed by atoms with Crippen LogP contribution in [0, 0.1) is 6.92 Å². The number of aryl methyl sites for hydroxylation is 1. The lowest BCUT2D eigenvalue weighted by atomic mass is 10.1. The van der Waals surface area contributed by atoms with Gasteiger partial charge in [0.25, 0.3) is 11.8 Å². The maximum Gasteiger partial charge on any atom is 0.272 e. The Kier molecular flexibility index (Phi) is 5.28. The van der Waals surface area contributed by atoms with Gasteiger partial charge in [0.2, 0.25) is 0 Å². The molecule has 9 nitrogen and oxygen atoms in total. The van der Waals surface area contributed by atoms with E-state index in [0.29, 0.717) is 21.5 Å². The molecular weight excluding hydrogens is 426 g/mol. The first kappa shape index (κ1) is 20.1. The molecule has 32 heavy (non-hydrogen) atoms. The molecule has 0 atom stereocenters. The number of anilines is 3. The fourth-order valence-corrected chi connectivity index (χ4v) is 4.44. The maximum atomic E-state index is 12.8. The number of nitrogens with one attached hydrogen (secondary N) is 3. The van der Waals surface area contributed by atoms with Crippen LogP contribution < -0.4 is 10.6 Å². The van der Waals surface area contributed by atoms with Crippen molar-refractivity contribution >= 4 is 50.7 Å². The third-order valence-electron chi connectivity index (χ3n) is 5.40. The van der Waals surface area contributed by atoms with Crippen LogP contribution in [-0.4, -0.2) is 50.0 Å². The number of H-pyrrole nitrogens is 1. The van der Waals surface area contributed by atoms with E-state index in [1.165, 1.54) is 17.5 Å². The van der Waals surface area contributed by atoms with Gasteiger partial charge < -0.3 is 15.5 Å². The molecule has 4 aromatic rings. The van der Waals surface area contributed by atoms with Gasteiger partial charge in [0, 0.05) is 18.5 Å². The second-order valence-electron chi connectivity index (χ2n) is 7.60. The smallest absolute Gasteiger partial charge is 0.272 e. The molecule has 0 aliphatic carbocycles. The van der Waals surface area contributed by atoms with Crippen molar-refractivity contribution in [3.8, 4) is 0 Å². The number of pyridine rings is 1. The summed E-state index contributed by atoms with van der Waals surface area (Å²) in [6.07, 6.45) is 5.27. The van der Waals surface area contributed by atoms with E-state index < -0.39 is 0 Å². The summed E-state index contributed by atoms with van der Waals surface area (Å²) in [4.78, 5) is 36.4. The number of hydrogen-bond acceptors (Lipinski definition) is 7. The van der Waals surface area contributed by atoms with Gasteiger partial charge in [-0.05, 0) is 43.5 Å². The number of nitrogens with zero attached hydrogens (tertiary/aromatic N) is 4. The minimum atomic E-state index is -0.252. The van der Waals surface area contributed by atoms with Crippen molar-refractivity contribution < 1.29 is 9.59 Å². The van der Waals surface area contributed by atoms with E-state index in [4.69, 9.17) is 0 Å². The van der Waals surface area contributed by atoms with Crippen molar-refractivity contribution in [2.45, 2.75) is 19.8 Å². The molecule has 1 fully saturated rings. The van der Waals surface area contributed by atoms with Crippen molar-refractivity contribution in [2.24, 2.45) is 0 Å². The lowest BCUT2D eigenvalue weighted by Gasteiger charge is -2.14. The zero-order chi connectivity index (χ0) is 22.1. The van der Waals surface area contributed by atoms with E-state index in [-0.39, 0.29) is 11.8 Å². The van der Waals surface area contributed by atoms with E-state index in [1.807, 2.05) is 24.0 Å². The number of thiazole rings is 1. The molecule has 1 aliphatic rings. The predicted octanol–water partition coefficient (Wildman–Crippen LogP) is 3.95. The zero-order valence-electron chi connectivity index (χ0n) is 17.4. The Morgan fingerprint density at radius 3 is 2.81 bits per heavy atom. The summed E-state index contributed by atoms with van der Waals surface area (Å²) < 4.78 is 0. The van der Waals surface area contributed by atoms with E-state index in [1.54, 1.807) is 24.4 Å². The van der Waals surface area contributed by atoms with Gasteiger partial charge in [-0.1, -0.05) is 23.5 Å². The highest BCUT2D eigenvalue weighted by Gasteiger charge is 2.21. The Hall–Kier alpha value is -3.79. The fourth-order valence-electron chi connectivity index (χ4n) is 3.72. The predicted molar refractivity (Wildman–Crippen MR) is 124 cm³/mol. The summed E-state index contributed by atoms with van der Waals surface area (Å²) in [6, 6.07) is 9.12. The van der Waals surface area contributed by atoms with Crippen molar-refractivity contribution in [3.63, 3.8) is 0 Å². The highest BCUT2D eigenvalue weighted by Crippen LogP contribution is 2.28. The molecule has 0 bridgehead atoms. The lowest BCUT2D eigenvalue weighted by molar-refractivity contribution is 0.0787. The Morgan fingerprint density at radius 1 is 1.12 bits per heavy atom. The van der Waals surface area contributed by atoms with Crippen LogP contribution in [-0.2, 0) is 0 Å². The Balaban J connectivity index is 1.30. The third kappa shape index (κ3) is 3.92. The van der Waals surface area contributed by atoms with Gasteiger partial charge in [-0.25, -0.2) is 9.97 Å². The van der Waals surface area contributed by atoms with Crippen molar-refractivity contribution in [2.75, 3.05) is 23.7 Å². The van der Waals surface area contributed by atoms with Crippen LogP contribution in [0.5, 0.6) is 0 Å². The highest BCUT2D eigenvalue weighted by atomic mass is 32.1. The molecule has 1 saturated heterocycles. The van der Waals surface area contributed by atoms with Crippen molar-refractivity contribution in [3.05, 3.63) is 58.9 Å². The van der Waals surface area contributed by atoms with Gasteiger partial charge in [0.1, 0.15) is 16.4 Å². The van der Waals surface area contributed by atoms with Gasteiger partial charge in [-0.15, -0.1) is 0 Å². The summed E-state index contributed by atoms with van der Waals surface area (Å²) in [7, 11) is 0. The maximum absolute atomic E-state index is 12.8. The van der Waals surface area contributed by atoms with Gasteiger partial charge >= 0.3 is 0 Å². The normalized spacial score (nSPS) is 13.5. The van der Waals surface area contributed by atoms with E-state index in [0.717, 1.165) is 48.1 Å². The molecule has 162 valence electrons.